The summed E-state index contributed by atoms with van der Waals surface area (Å²) in [6.45, 7) is 9.16. The predicted molar refractivity (Wildman–Crippen MR) is 195 cm³/mol. The van der Waals surface area contributed by atoms with Crippen molar-refractivity contribution >= 4 is 40.5 Å². The van der Waals surface area contributed by atoms with Gasteiger partial charge in [-0.15, -0.1) is 0 Å². The van der Waals surface area contributed by atoms with Crippen LogP contribution >= 0.6 is 0 Å². The number of nitrogens with zero attached hydrogens (tertiary/aromatic N) is 2. The number of ether oxygens (including phenoxy) is 2. The van der Waals surface area contributed by atoms with Crippen molar-refractivity contribution in [2.24, 2.45) is 5.92 Å². The maximum atomic E-state index is 15.2. The van der Waals surface area contributed by atoms with Gasteiger partial charge in [-0.3, -0.25) is 19.2 Å². The highest BCUT2D eigenvalue weighted by atomic mass is 19.1. The van der Waals surface area contributed by atoms with E-state index in [1.165, 1.54) is 6.07 Å². The molecule has 3 N–H and O–H groups in total. The predicted octanol–water partition coefficient (Wildman–Crippen LogP) is 5.83. The van der Waals surface area contributed by atoms with Crippen LogP contribution in [0, 0.1) is 18.7 Å². The van der Waals surface area contributed by atoms with Gasteiger partial charge in [0.25, 0.3) is 5.56 Å². The number of fused-ring (bicyclic) bond motifs is 5. The highest BCUT2D eigenvalue weighted by molar-refractivity contribution is 5.97. The van der Waals surface area contributed by atoms with E-state index in [0.717, 1.165) is 22.1 Å². The van der Waals surface area contributed by atoms with Gasteiger partial charge in [-0.1, -0.05) is 32.9 Å². The average Bonchev–Trinajstić information content (AvgIpc) is 3.48. The van der Waals surface area contributed by atoms with Crippen LogP contribution in [-0.2, 0) is 50.0 Å². The van der Waals surface area contributed by atoms with Crippen molar-refractivity contribution in [2.45, 2.75) is 98.1 Å². The Labute approximate surface area is 305 Å². The second-order valence-electron chi connectivity index (χ2n) is 14.5. The molecule has 3 amide bonds. The molecule has 2 aliphatic heterocycles. The summed E-state index contributed by atoms with van der Waals surface area (Å²) in [5, 5.41) is 9.27. The molecule has 2 aromatic carbocycles. The van der Waals surface area contributed by atoms with Gasteiger partial charge in [0, 0.05) is 29.1 Å². The number of aromatic nitrogens is 2. The third-order valence-corrected chi connectivity index (χ3v) is 10.4. The molecular weight excluding hydrogens is 681 g/mol. The quantitative estimate of drug-likeness (QED) is 0.161. The van der Waals surface area contributed by atoms with Crippen molar-refractivity contribution in [3.8, 4) is 11.4 Å². The molecule has 3 atom stereocenters. The van der Waals surface area contributed by atoms with Crippen molar-refractivity contribution < 1.29 is 33.0 Å². The number of hydrogen-bond donors (Lipinski definition) is 3. The minimum atomic E-state index is -0.709. The Balaban J connectivity index is 1.10. The molecule has 0 fully saturated rings. The molecule has 12 nitrogen and oxygen atoms in total. The van der Waals surface area contributed by atoms with E-state index in [0.29, 0.717) is 70.5 Å². The second kappa shape index (κ2) is 14.1. The van der Waals surface area contributed by atoms with Crippen LogP contribution in [0.2, 0.25) is 0 Å². The Morgan fingerprint density at radius 3 is 2.55 bits per heavy atom. The zero-order valence-electron chi connectivity index (χ0n) is 30.4. The number of halogens is 1. The molecule has 3 unspecified atom stereocenters. The summed E-state index contributed by atoms with van der Waals surface area (Å²) in [6, 6.07) is 8.87. The normalized spacial score (nSPS) is 17.4. The van der Waals surface area contributed by atoms with Crippen molar-refractivity contribution in [3.05, 3.63) is 91.5 Å². The zero-order chi connectivity index (χ0) is 37.7. The largest absolute Gasteiger partial charge is 0.460 e. The molecule has 3 aliphatic rings. The summed E-state index contributed by atoms with van der Waals surface area (Å²) < 4.78 is 27.8. The third-order valence-electron chi connectivity index (χ3n) is 10.4. The Morgan fingerprint density at radius 1 is 1.08 bits per heavy atom. The van der Waals surface area contributed by atoms with Crippen LogP contribution in [-0.4, -0.2) is 39.5 Å². The number of anilines is 1. The van der Waals surface area contributed by atoms with E-state index in [1.54, 1.807) is 42.7 Å². The molecule has 0 radical (unpaired) electrons. The summed E-state index contributed by atoms with van der Waals surface area (Å²) >= 11 is 0. The number of amides is 3. The number of alkyl carbamates (subject to hydrolysis) is 1. The van der Waals surface area contributed by atoms with Crippen molar-refractivity contribution in [1.82, 2.24) is 20.2 Å². The maximum absolute atomic E-state index is 15.2. The lowest BCUT2D eigenvalue weighted by atomic mass is 9.81. The van der Waals surface area contributed by atoms with E-state index in [9.17, 15) is 24.0 Å². The molecule has 0 saturated carbocycles. The first-order valence-corrected chi connectivity index (χ1v) is 18.0. The molecule has 53 heavy (non-hydrogen) atoms. The van der Waals surface area contributed by atoms with Crippen molar-refractivity contribution in [2.75, 3.05) is 5.32 Å². The van der Waals surface area contributed by atoms with Gasteiger partial charge in [-0.25, -0.2) is 14.2 Å². The second-order valence-corrected chi connectivity index (χ2v) is 14.5. The summed E-state index contributed by atoms with van der Waals surface area (Å²) in [5.41, 5.74) is 6.44. The number of rotatable bonds is 9. The highest BCUT2D eigenvalue weighted by Crippen LogP contribution is 2.45. The minimum absolute atomic E-state index is 0.0367. The molecule has 2 aromatic heterocycles. The SMILES string of the molecule is CCC1C(=O)OCc2c1cc1n(c2=O)Cc2c-1nc1cc(F)c(C)c3c1c2C(NC(=O)OCc1ccc(NC(=O)C(C)NC(=O)CC(C)C)cc1)CC3. The van der Waals surface area contributed by atoms with Crippen LogP contribution < -0.4 is 21.5 Å². The van der Waals surface area contributed by atoms with Gasteiger partial charge in [-0.05, 0) is 85.0 Å². The fourth-order valence-corrected chi connectivity index (χ4v) is 7.73. The van der Waals surface area contributed by atoms with E-state index < -0.39 is 24.1 Å². The van der Waals surface area contributed by atoms with Crippen LogP contribution in [0.3, 0.4) is 0 Å². The van der Waals surface area contributed by atoms with Gasteiger partial charge in [0.05, 0.1) is 41.0 Å². The fourth-order valence-electron chi connectivity index (χ4n) is 7.73. The summed E-state index contributed by atoms with van der Waals surface area (Å²) in [4.78, 5) is 69.3. The standard InChI is InChI=1S/C40H42FN5O7/c1-6-24-26-14-32-36-27(16-46(32)38(49)28(26)18-52-39(24)50)35-30(12-11-25-20(4)29(41)15-31(44-36)34(25)35)45-40(51)53-17-22-7-9-23(10-8-22)43-37(48)21(5)42-33(47)13-19(2)3/h7-10,14-15,19,21,24,30H,6,11-13,16-18H2,1-5H3,(H,42,47)(H,43,48)(H,45,51). The molecular formula is C40H42FN5O7. The number of pyridine rings is 2. The third kappa shape index (κ3) is 6.64. The number of benzene rings is 2. The van der Waals surface area contributed by atoms with Crippen LogP contribution in [0.4, 0.5) is 14.9 Å². The van der Waals surface area contributed by atoms with Gasteiger partial charge in [-0.2, -0.15) is 0 Å². The Morgan fingerprint density at radius 2 is 1.83 bits per heavy atom. The van der Waals surface area contributed by atoms with E-state index in [4.69, 9.17) is 14.5 Å². The molecule has 276 valence electrons. The summed E-state index contributed by atoms with van der Waals surface area (Å²) in [6.07, 6.45) is 1.14. The number of carbonyl (C=O) groups is 4. The van der Waals surface area contributed by atoms with Crippen molar-refractivity contribution in [1.29, 1.82) is 0 Å². The Kier molecular flexibility index (Phi) is 9.52. The number of carbonyl (C=O) groups excluding carboxylic acids is 4. The van der Waals surface area contributed by atoms with E-state index in [2.05, 4.69) is 16.0 Å². The first-order chi connectivity index (χ1) is 25.3. The van der Waals surface area contributed by atoms with E-state index in [1.807, 2.05) is 26.8 Å². The highest BCUT2D eigenvalue weighted by Gasteiger charge is 2.38. The Bertz CT molecular complexity index is 2250. The van der Waals surface area contributed by atoms with Crippen LogP contribution in [0.25, 0.3) is 22.3 Å². The van der Waals surface area contributed by atoms with Crippen LogP contribution in [0.5, 0.6) is 0 Å². The molecule has 7 rings (SSSR count). The zero-order valence-corrected chi connectivity index (χ0v) is 30.4. The first kappa shape index (κ1) is 35.8. The Hall–Kier alpha value is -5.59. The minimum Gasteiger partial charge on any atom is -0.460 e. The summed E-state index contributed by atoms with van der Waals surface area (Å²) in [5.74, 6) is -1.67. The molecule has 4 aromatic rings. The van der Waals surface area contributed by atoms with Crippen LogP contribution in [0.1, 0.15) is 97.9 Å². The van der Waals surface area contributed by atoms with E-state index in [-0.39, 0.29) is 54.8 Å². The van der Waals surface area contributed by atoms with E-state index >= 15 is 4.39 Å². The number of aryl methyl sites for hydroxylation is 1. The number of nitrogens with one attached hydrogen (secondary N) is 3. The number of cyclic esters (lactones) is 1. The smallest absolute Gasteiger partial charge is 0.407 e. The lowest BCUT2D eigenvalue weighted by Gasteiger charge is -2.29. The molecule has 1 aliphatic carbocycles. The van der Waals surface area contributed by atoms with Gasteiger partial charge in [0.2, 0.25) is 11.8 Å². The number of hydrogen-bond acceptors (Lipinski definition) is 8. The molecule has 0 bridgehead atoms. The topological polar surface area (TPSA) is 158 Å². The van der Waals surface area contributed by atoms with Gasteiger partial charge in [0.1, 0.15) is 25.1 Å². The molecule has 0 saturated heterocycles. The fraction of sp³-hybridized carbons (Fsp3) is 0.400. The van der Waals surface area contributed by atoms with Crippen molar-refractivity contribution in [3.63, 3.8) is 0 Å². The molecule has 0 spiro atoms. The lowest BCUT2D eigenvalue weighted by molar-refractivity contribution is -0.148. The average molecular weight is 724 g/mol. The van der Waals surface area contributed by atoms with Crippen LogP contribution in [0.15, 0.2) is 41.2 Å². The molecule has 4 heterocycles. The van der Waals surface area contributed by atoms with Gasteiger partial charge < -0.3 is 30.0 Å². The lowest BCUT2D eigenvalue weighted by Crippen LogP contribution is -2.41. The monoisotopic (exact) mass is 723 g/mol. The summed E-state index contributed by atoms with van der Waals surface area (Å²) in [7, 11) is 0. The first-order valence-electron chi connectivity index (χ1n) is 18.0. The maximum Gasteiger partial charge on any atom is 0.407 e. The molecule has 13 heteroatoms. The van der Waals surface area contributed by atoms with Gasteiger partial charge in [0.15, 0.2) is 0 Å². The number of esters is 1. The van der Waals surface area contributed by atoms with Gasteiger partial charge >= 0.3 is 12.1 Å².